The minimum absolute atomic E-state index is 0.815. The molecule has 2 heterocycles. The number of piperidine rings is 2. The van der Waals surface area contributed by atoms with Crippen molar-refractivity contribution in [3.8, 4) is 0 Å². The van der Waals surface area contributed by atoms with E-state index < -0.39 is 0 Å². The van der Waals surface area contributed by atoms with E-state index in [2.05, 4.69) is 35.9 Å². The van der Waals surface area contributed by atoms with Gasteiger partial charge in [-0.25, -0.2) is 0 Å². The van der Waals surface area contributed by atoms with Crippen molar-refractivity contribution in [2.45, 2.75) is 38.8 Å². The van der Waals surface area contributed by atoms with Crippen molar-refractivity contribution >= 4 is 5.69 Å². The molecule has 2 atom stereocenters. The maximum atomic E-state index is 6.13. The number of nitrogens with zero attached hydrogens (tertiary/aromatic N) is 2. The molecule has 0 amide bonds. The summed E-state index contributed by atoms with van der Waals surface area (Å²) >= 11 is 0. The van der Waals surface area contributed by atoms with E-state index in [1.54, 1.807) is 0 Å². The number of benzene rings is 1. The molecule has 0 aromatic heterocycles. The molecule has 3 nitrogen and oxygen atoms in total. The first-order chi connectivity index (χ1) is 9.63. The molecule has 2 aliphatic rings. The van der Waals surface area contributed by atoms with Gasteiger partial charge in [0, 0.05) is 24.8 Å². The minimum Gasteiger partial charge on any atom is -0.398 e. The van der Waals surface area contributed by atoms with Crippen molar-refractivity contribution in [1.82, 2.24) is 9.80 Å². The van der Waals surface area contributed by atoms with Crippen LogP contribution in [0.1, 0.15) is 30.4 Å². The molecule has 2 fully saturated rings. The highest BCUT2D eigenvalue weighted by Gasteiger charge is 2.34. The molecule has 0 spiro atoms. The summed E-state index contributed by atoms with van der Waals surface area (Å²) < 4.78 is 0. The van der Waals surface area contributed by atoms with E-state index in [1.807, 2.05) is 6.07 Å². The summed E-state index contributed by atoms with van der Waals surface area (Å²) in [6.07, 6.45) is 4.07. The van der Waals surface area contributed by atoms with Gasteiger partial charge in [0.25, 0.3) is 0 Å². The van der Waals surface area contributed by atoms with Crippen LogP contribution < -0.4 is 5.73 Å². The Labute approximate surface area is 122 Å². The van der Waals surface area contributed by atoms with Crippen molar-refractivity contribution in [1.29, 1.82) is 0 Å². The zero-order chi connectivity index (χ0) is 14.1. The van der Waals surface area contributed by atoms with Crippen molar-refractivity contribution in [2.24, 2.45) is 5.92 Å². The second-order valence-electron chi connectivity index (χ2n) is 6.68. The fraction of sp³-hybridized carbons (Fsp3) is 0.647. The molecule has 1 aromatic rings. The van der Waals surface area contributed by atoms with E-state index in [-0.39, 0.29) is 0 Å². The second-order valence-corrected chi connectivity index (χ2v) is 6.68. The molecule has 0 bridgehead atoms. The normalized spacial score (nSPS) is 28.3. The highest BCUT2D eigenvalue weighted by atomic mass is 15.2. The second kappa shape index (κ2) is 5.74. The molecule has 3 rings (SSSR count). The smallest absolute Gasteiger partial charge is 0.0359 e. The predicted octanol–water partition coefficient (Wildman–Crippen LogP) is 2.49. The quantitative estimate of drug-likeness (QED) is 0.840. The van der Waals surface area contributed by atoms with Crippen LogP contribution in [0.4, 0.5) is 5.69 Å². The first-order valence-electron chi connectivity index (χ1n) is 7.91. The van der Waals surface area contributed by atoms with E-state index in [1.165, 1.54) is 50.0 Å². The molecule has 20 heavy (non-hydrogen) atoms. The summed E-state index contributed by atoms with van der Waals surface area (Å²) in [7, 11) is 2.30. The molecule has 2 N–H and O–H groups in total. The molecule has 2 saturated heterocycles. The van der Waals surface area contributed by atoms with E-state index in [4.69, 9.17) is 5.73 Å². The van der Waals surface area contributed by atoms with Crippen LogP contribution >= 0.6 is 0 Å². The van der Waals surface area contributed by atoms with Gasteiger partial charge in [0.15, 0.2) is 0 Å². The molecule has 0 saturated carbocycles. The van der Waals surface area contributed by atoms with Gasteiger partial charge in [-0.2, -0.15) is 0 Å². The lowest BCUT2D eigenvalue weighted by molar-refractivity contribution is 0.0355. The molecule has 3 heteroatoms. The van der Waals surface area contributed by atoms with Crippen molar-refractivity contribution in [2.75, 3.05) is 32.4 Å². The summed E-state index contributed by atoms with van der Waals surface area (Å²) in [4.78, 5) is 5.18. The molecule has 0 radical (unpaired) electrons. The molecule has 110 valence electrons. The largest absolute Gasteiger partial charge is 0.398 e. The maximum absolute atomic E-state index is 6.13. The third-order valence-electron chi connectivity index (χ3n) is 5.12. The number of likely N-dealkylation sites (tertiary alicyclic amines) is 2. The van der Waals surface area contributed by atoms with Crippen LogP contribution in [0.25, 0.3) is 0 Å². The van der Waals surface area contributed by atoms with Gasteiger partial charge in [0.05, 0.1) is 0 Å². The Morgan fingerprint density at radius 1 is 1.25 bits per heavy atom. The number of fused-ring (bicyclic) bond motifs is 1. The topological polar surface area (TPSA) is 32.5 Å². The van der Waals surface area contributed by atoms with Gasteiger partial charge in [-0.15, -0.1) is 0 Å². The summed E-state index contributed by atoms with van der Waals surface area (Å²) in [5.41, 5.74) is 9.67. The monoisotopic (exact) mass is 273 g/mol. The van der Waals surface area contributed by atoms with Crippen molar-refractivity contribution in [3.63, 3.8) is 0 Å². The lowest BCUT2D eigenvalue weighted by Crippen LogP contribution is -2.52. The number of nitrogen functional groups attached to an aromatic ring is 1. The van der Waals surface area contributed by atoms with Crippen molar-refractivity contribution in [3.05, 3.63) is 29.3 Å². The first kappa shape index (κ1) is 13.9. The van der Waals surface area contributed by atoms with Gasteiger partial charge < -0.3 is 10.6 Å². The Morgan fingerprint density at radius 2 is 2.10 bits per heavy atom. The number of nitrogens with two attached hydrogens (primary N) is 1. The van der Waals surface area contributed by atoms with Crippen LogP contribution in [-0.4, -0.2) is 42.5 Å². The zero-order valence-corrected chi connectivity index (χ0v) is 12.8. The van der Waals surface area contributed by atoms with Gasteiger partial charge in [-0.1, -0.05) is 17.7 Å². The molecule has 0 aliphatic carbocycles. The van der Waals surface area contributed by atoms with Gasteiger partial charge in [-0.05, 0) is 63.9 Å². The van der Waals surface area contributed by atoms with E-state index in [0.29, 0.717) is 0 Å². The molecule has 1 aromatic carbocycles. The Hall–Kier alpha value is -1.06. The standard InChI is InChI=1S/C17H27N3/c1-13-5-6-16(18)15(10-13)12-20-9-7-17-14(11-20)4-3-8-19(17)2/h5-6,10,14,17H,3-4,7-9,11-12,18H2,1-2H3. The predicted molar refractivity (Wildman–Crippen MR) is 84.6 cm³/mol. The minimum atomic E-state index is 0.815. The van der Waals surface area contributed by atoms with Crippen LogP contribution in [0.5, 0.6) is 0 Å². The van der Waals surface area contributed by atoms with Crippen molar-refractivity contribution < 1.29 is 0 Å². The Morgan fingerprint density at radius 3 is 2.95 bits per heavy atom. The molecular weight excluding hydrogens is 246 g/mol. The molecule has 2 aliphatic heterocycles. The molecule has 2 unspecified atom stereocenters. The van der Waals surface area contributed by atoms with Crippen LogP contribution in [0, 0.1) is 12.8 Å². The van der Waals surface area contributed by atoms with E-state index in [0.717, 1.165) is 24.2 Å². The number of aryl methyl sites for hydroxylation is 1. The first-order valence-corrected chi connectivity index (χ1v) is 7.91. The summed E-state index contributed by atoms with van der Waals surface area (Å²) in [6.45, 7) is 6.89. The van der Waals surface area contributed by atoms with Gasteiger partial charge in [0.1, 0.15) is 0 Å². The van der Waals surface area contributed by atoms with Crippen LogP contribution in [0.3, 0.4) is 0 Å². The number of hydrogen-bond donors (Lipinski definition) is 1. The SMILES string of the molecule is Cc1ccc(N)c(CN2CCC3C(CCCN3C)C2)c1. The Kier molecular flexibility index (Phi) is 3.99. The maximum Gasteiger partial charge on any atom is 0.0359 e. The van der Waals surface area contributed by atoms with Crippen LogP contribution in [0.15, 0.2) is 18.2 Å². The Balaban J connectivity index is 1.66. The molecular formula is C17H27N3. The number of rotatable bonds is 2. The average Bonchev–Trinajstić information content (AvgIpc) is 2.43. The zero-order valence-electron chi connectivity index (χ0n) is 12.8. The lowest BCUT2D eigenvalue weighted by atomic mass is 9.84. The van der Waals surface area contributed by atoms with Gasteiger partial charge >= 0.3 is 0 Å². The van der Waals surface area contributed by atoms with Crippen LogP contribution in [-0.2, 0) is 6.54 Å². The summed E-state index contributed by atoms with van der Waals surface area (Å²) in [6, 6.07) is 7.20. The highest BCUT2D eigenvalue weighted by molar-refractivity contribution is 5.48. The fourth-order valence-electron chi connectivity index (χ4n) is 3.98. The van der Waals surface area contributed by atoms with Crippen LogP contribution in [0.2, 0.25) is 0 Å². The third kappa shape index (κ3) is 2.84. The number of anilines is 1. The van der Waals surface area contributed by atoms with E-state index in [9.17, 15) is 0 Å². The fourth-order valence-corrected chi connectivity index (χ4v) is 3.98. The number of hydrogen-bond acceptors (Lipinski definition) is 3. The lowest BCUT2D eigenvalue weighted by Gasteiger charge is -2.46. The average molecular weight is 273 g/mol. The van der Waals surface area contributed by atoms with Gasteiger partial charge in [0.2, 0.25) is 0 Å². The summed E-state index contributed by atoms with van der Waals surface area (Å²) in [5, 5.41) is 0. The summed E-state index contributed by atoms with van der Waals surface area (Å²) in [5.74, 6) is 0.855. The highest BCUT2D eigenvalue weighted by Crippen LogP contribution is 2.30. The Bertz CT molecular complexity index is 471. The van der Waals surface area contributed by atoms with Gasteiger partial charge in [-0.3, -0.25) is 4.90 Å². The van der Waals surface area contributed by atoms with E-state index >= 15 is 0 Å². The third-order valence-corrected chi connectivity index (χ3v) is 5.12.